The van der Waals surface area contributed by atoms with E-state index in [0.717, 1.165) is 11.3 Å². The topological polar surface area (TPSA) is 43.1 Å². The van der Waals surface area contributed by atoms with E-state index < -0.39 is 7.14 Å². The van der Waals surface area contributed by atoms with Gasteiger partial charge in [0.05, 0.1) is 7.14 Å². The largest absolute Gasteiger partial charge is 0.399 e. The van der Waals surface area contributed by atoms with Gasteiger partial charge in [0.15, 0.2) is 0 Å². The Morgan fingerprint density at radius 2 is 1.50 bits per heavy atom. The van der Waals surface area contributed by atoms with Crippen molar-refractivity contribution in [1.29, 1.82) is 0 Å². The summed E-state index contributed by atoms with van der Waals surface area (Å²) in [6.07, 6.45) is 0.683. The van der Waals surface area contributed by atoms with Crippen molar-refractivity contribution in [1.82, 2.24) is 0 Å². The van der Waals surface area contributed by atoms with Crippen LogP contribution in [-0.2, 0) is 10.7 Å². The van der Waals surface area contributed by atoms with Gasteiger partial charge >= 0.3 is 0 Å². The number of benzene rings is 1. The fourth-order valence-corrected chi connectivity index (χ4v) is 4.57. The average Bonchev–Trinajstić information content (AvgIpc) is 2.20. The maximum absolute atomic E-state index is 12.8. The van der Waals surface area contributed by atoms with Crippen LogP contribution in [0.25, 0.3) is 0 Å². The third kappa shape index (κ3) is 2.89. The van der Waals surface area contributed by atoms with E-state index in [1.165, 1.54) is 0 Å². The highest BCUT2D eigenvalue weighted by Crippen LogP contribution is 2.57. The zero-order chi connectivity index (χ0) is 12.3. The molecule has 2 nitrogen and oxygen atoms in total. The molecule has 16 heavy (non-hydrogen) atoms. The molecule has 0 aliphatic rings. The van der Waals surface area contributed by atoms with Crippen LogP contribution in [0.15, 0.2) is 24.3 Å². The maximum atomic E-state index is 12.8. The molecule has 0 fully saturated rings. The van der Waals surface area contributed by atoms with Gasteiger partial charge < -0.3 is 10.3 Å². The molecular weight excluding hydrogens is 217 g/mol. The lowest BCUT2D eigenvalue weighted by Gasteiger charge is -2.26. The van der Waals surface area contributed by atoms with Crippen molar-refractivity contribution in [3.63, 3.8) is 0 Å². The van der Waals surface area contributed by atoms with E-state index in [1.54, 1.807) is 0 Å². The van der Waals surface area contributed by atoms with Crippen LogP contribution in [0.5, 0.6) is 0 Å². The first kappa shape index (κ1) is 13.3. The Kier molecular flexibility index (Phi) is 4.21. The van der Waals surface area contributed by atoms with Gasteiger partial charge in [-0.15, -0.1) is 0 Å². The molecule has 2 N–H and O–H groups in total. The quantitative estimate of drug-likeness (QED) is 0.638. The minimum absolute atomic E-state index is 0.241. The van der Waals surface area contributed by atoms with E-state index in [4.69, 9.17) is 5.73 Å². The van der Waals surface area contributed by atoms with Crippen molar-refractivity contribution < 1.29 is 4.57 Å². The number of hydrogen-bond acceptors (Lipinski definition) is 2. The Bertz CT molecular complexity index is 369. The molecule has 1 rings (SSSR count). The van der Waals surface area contributed by atoms with Crippen LogP contribution in [0.1, 0.15) is 33.3 Å². The summed E-state index contributed by atoms with van der Waals surface area (Å²) in [7, 11) is -2.14. The lowest BCUT2D eigenvalue weighted by atomic mass is 10.2. The van der Waals surface area contributed by atoms with Crippen molar-refractivity contribution in [3.8, 4) is 0 Å². The molecule has 0 saturated carbocycles. The van der Waals surface area contributed by atoms with Crippen molar-refractivity contribution in [2.45, 2.75) is 45.2 Å². The van der Waals surface area contributed by atoms with E-state index in [9.17, 15) is 4.57 Å². The van der Waals surface area contributed by atoms with Crippen molar-refractivity contribution in [2.24, 2.45) is 0 Å². The molecule has 0 aliphatic heterocycles. The second kappa shape index (κ2) is 5.05. The van der Waals surface area contributed by atoms with Crippen molar-refractivity contribution in [2.75, 3.05) is 5.73 Å². The monoisotopic (exact) mass is 239 g/mol. The van der Waals surface area contributed by atoms with Gasteiger partial charge in [0, 0.05) is 23.2 Å². The smallest absolute Gasteiger partial charge is 0.0966 e. The van der Waals surface area contributed by atoms with Crippen LogP contribution in [0, 0.1) is 0 Å². The molecule has 0 spiro atoms. The Morgan fingerprint density at radius 3 is 1.88 bits per heavy atom. The van der Waals surface area contributed by atoms with Gasteiger partial charge in [0.25, 0.3) is 0 Å². The lowest BCUT2D eigenvalue weighted by molar-refractivity contribution is 0.560. The summed E-state index contributed by atoms with van der Waals surface area (Å²) in [5, 5.41) is 0. The maximum Gasteiger partial charge on any atom is 0.0966 e. The second-order valence-electron chi connectivity index (χ2n) is 4.94. The van der Waals surface area contributed by atoms with E-state index in [-0.39, 0.29) is 11.3 Å². The number of hydrogen-bond donors (Lipinski definition) is 1. The van der Waals surface area contributed by atoms with Crippen molar-refractivity contribution in [3.05, 3.63) is 29.8 Å². The molecule has 0 radical (unpaired) electrons. The molecule has 0 saturated heterocycles. The first-order chi connectivity index (χ1) is 7.36. The zero-order valence-electron chi connectivity index (χ0n) is 10.6. The standard InChI is InChI=1S/C13H22NOP/c1-10(2)16(15,11(3)4)9-12-5-7-13(14)8-6-12/h5-8,10-11H,9,14H2,1-4H3. The van der Waals surface area contributed by atoms with Crippen LogP contribution in [0.4, 0.5) is 5.69 Å². The Balaban J connectivity index is 2.93. The predicted molar refractivity (Wildman–Crippen MR) is 72.4 cm³/mol. The molecule has 0 unspecified atom stereocenters. The SMILES string of the molecule is CC(C)P(=O)(Cc1ccc(N)cc1)C(C)C. The van der Waals surface area contributed by atoms with Crippen LogP contribution >= 0.6 is 7.14 Å². The molecule has 0 atom stereocenters. The molecule has 90 valence electrons. The molecule has 0 aromatic heterocycles. The van der Waals surface area contributed by atoms with Crippen LogP contribution in [0.2, 0.25) is 0 Å². The molecule has 0 heterocycles. The number of nitrogen functional groups attached to an aromatic ring is 1. The predicted octanol–water partition coefficient (Wildman–Crippen LogP) is 3.95. The first-order valence-corrected chi connectivity index (χ1v) is 7.82. The van der Waals surface area contributed by atoms with Gasteiger partial charge in [-0.1, -0.05) is 39.8 Å². The highest BCUT2D eigenvalue weighted by Gasteiger charge is 2.30. The molecular formula is C13H22NOP. The minimum atomic E-state index is -2.14. The summed E-state index contributed by atoms with van der Waals surface area (Å²) < 4.78 is 12.8. The molecule has 3 heteroatoms. The van der Waals surface area contributed by atoms with Gasteiger partial charge in [-0.2, -0.15) is 0 Å². The van der Waals surface area contributed by atoms with E-state index >= 15 is 0 Å². The van der Waals surface area contributed by atoms with Crippen LogP contribution in [0.3, 0.4) is 0 Å². The third-order valence-electron chi connectivity index (χ3n) is 3.16. The minimum Gasteiger partial charge on any atom is -0.399 e. The first-order valence-electron chi connectivity index (χ1n) is 5.79. The third-order valence-corrected chi connectivity index (χ3v) is 7.51. The second-order valence-corrected chi connectivity index (χ2v) is 9.03. The summed E-state index contributed by atoms with van der Waals surface area (Å²) >= 11 is 0. The average molecular weight is 239 g/mol. The van der Waals surface area contributed by atoms with Crippen LogP contribution < -0.4 is 5.73 Å². The van der Waals surface area contributed by atoms with E-state index in [0.29, 0.717) is 6.16 Å². The normalized spacial score (nSPS) is 12.4. The molecule has 0 bridgehead atoms. The number of nitrogens with two attached hydrogens (primary N) is 1. The summed E-state index contributed by atoms with van der Waals surface area (Å²) in [6.45, 7) is 8.21. The number of rotatable bonds is 4. The van der Waals surface area contributed by atoms with Gasteiger partial charge in [-0.05, 0) is 17.7 Å². The molecule has 0 amide bonds. The van der Waals surface area contributed by atoms with Gasteiger partial charge in [-0.25, -0.2) is 0 Å². The fraction of sp³-hybridized carbons (Fsp3) is 0.538. The van der Waals surface area contributed by atoms with Gasteiger partial charge in [-0.3, -0.25) is 0 Å². The fourth-order valence-electron chi connectivity index (χ4n) is 1.87. The van der Waals surface area contributed by atoms with E-state index in [1.807, 2.05) is 24.3 Å². The Hall–Kier alpha value is -0.750. The van der Waals surface area contributed by atoms with Gasteiger partial charge in [0.2, 0.25) is 0 Å². The zero-order valence-corrected chi connectivity index (χ0v) is 11.5. The summed E-state index contributed by atoms with van der Waals surface area (Å²) in [5.74, 6) is 0. The Morgan fingerprint density at radius 1 is 1.06 bits per heavy atom. The van der Waals surface area contributed by atoms with Gasteiger partial charge in [0.1, 0.15) is 0 Å². The highest BCUT2D eigenvalue weighted by atomic mass is 31.2. The highest BCUT2D eigenvalue weighted by molar-refractivity contribution is 7.64. The van der Waals surface area contributed by atoms with Crippen LogP contribution in [-0.4, -0.2) is 11.3 Å². The lowest BCUT2D eigenvalue weighted by Crippen LogP contribution is -2.10. The molecule has 1 aromatic carbocycles. The summed E-state index contributed by atoms with van der Waals surface area (Å²) in [5.41, 5.74) is 8.00. The van der Waals surface area contributed by atoms with E-state index in [2.05, 4.69) is 27.7 Å². The summed E-state index contributed by atoms with van der Waals surface area (Å²) in [6, 6.07) is 7.71. The molecule has 1 aromatic rings. The Labute approximate surface area is 98.6 Å². The number of anilines is 1. The summed E-state index contributed by atoms with van der Waals surface area (Å²) in [4.78, 5) is 0. The molecule has 0 aliphatic carbocycles. The van der Waals surface area contributed by atoms with Crippen molar-refractivity contribution >= 4 is 12.8 Å².